The van der Waals surface area contributed by atoms with Gasteiger partial charge in [-0.15, -0.1) is 0 Å². The molecule has 0 saturated heterocycles. The number of esters is 2. The summed E-state index contributed by atoms with van der Waals surface area (Å²) in [6.45, 7) is 10.7. The molecule has 0 spiro atoms. The predicted molar refractivity (Wildman–Crippen MR) is 187 cm³/mol. The van der Waals surface area contributed by atoms with Crippen LogP contribution in [0.15, 0.2) is 95.6 Å². The van der Waals surface area contributed by atoms with Crippen molar-refractivity contribution in [1.29, 1.82) is 0 Å². The molecule has 0 aliphatic heterocycles. The standard InChI is InChI=1S/C36H49O10PS/c1-27(2)17-15-19-29(4)21-16-20-28(3)18-13-14-26-34(48(40,41)42)47(39,45-30(5)43-35(37)32-22-9-7-10-23-32)46-31(6)44-36(38)33-24-11-8-12-25-33/h7-12,17-18,21-25,30-31,34H,13-16,19-20,26H2,1-6H3,(H,40,41,42). The monoisotopic (exact) mass is 704 g/mol. The Labute approximate surface area is 285 Å². The minimum Gasteiger partial charge on any atom is -0.432 e. The van der Waals surface area contributed by atoms with E-state index in [2.05, 4.69) is 32.9 Å². The molecule has 0 aromatic heterocycles. The summed E-state index contributed by atoms with van der Waals surface area (Å²) in [7, 11) is -9.93. The van der Waals surface area contributed by atoms with Gasteiger partial charge in [0.2, 0.25) is 12.6 Å². The van der Waals surface area contributed by atoms with Crippen LogP contribution in [0.3, 0.4) is 0 Å². The molecule has 0 aliphatic carbocycles. The minimum atomic E-state index is -5.04. The molecule has 0 saturated carbocycles. The smallest absolute Gasteiger partial charge is 0.357 e. The van der Waals surface area contributed by atoms with Gasteiger partial charge in [-0.05, 0) is 111 Å². The number of carbonyl (C=O) groups excluding carboxylic acids is 2. The molecule has 0 aliphatic rings. The average Bonchev–Trinajstić information content (AvgIpc) is 3.00. The van der Waals surface area contributed by atoms with E-state index >= 15 is 0 Å². The summed E-state index contributed by atoms with van der Waals surface area (Å²) >= 11 is 0. The second-order valence-electron chi connectivity index (χ2n) is 11.8. The molecular formula is C36H49O10PS. The quantitative estimate of drug-likeness (QED) is 0.0354. The van der Waals surface area contributed by atoms with Gasteiger partial charge in [0.05, 0.1) is 11.1 Å². The third kappa shape index (κ3) is 15.3. The largest absolute Gasteiger partial charge is 0.432 e. The molecule has 0 fully saturated rings. The summed E-state index contributed by atoms with van der Waals surface area (Å²) in [5.74, 6) is -1.64. The van der Waals surface area contributed by atoms with Crippen LogP contribution >= 0.6 is 7.60 Å². The van der Waals surface area contributed by atoms with Crippen LogP contribution in [0.5, 0.6) is 0 Å². The molecule has 10 nitrogen and oxygen atoms in total. The van der Waals surface area contributed by atoms with Gasteiger partial charge in [0, 0.05) is 0 Å². The highest BCUT2D eigenvalue weighted by molar-refractivity contribution is 7.94. The van der Waals surface area contributed by atoms with Crippen molar-refractivity contribution in [3.05, 3.63) is 107 Å². The van der Waals surface area contributed by atoms with Crippen molar-refractivity contribution in [2.75, 3.05) is 0 Å². The lowest BCUT2D eigenvalue weighted by Gasteiger charge is -2.29. The van der Waals surface area contributed by atoms with Crippen molar-refractivity contribution < 1.29 is 45.6 Å². The van der Waals surface area contributed by atoms with E-state index in [4.69, 9.17) is 18.5 Å². The van der Waals surface area contributed by atoms with Gasteiger partial charge >= 0.3 is 19.5 Å². The summed E-state index contributed by atoms with van der Waals surface area (Å²) in [6, 6.07) is 15.9. The summed E-state index contributed by atoms with van der Waals surface area (Å²) in [5.41, 5.74) is 4.08. The number of hydrogen-bond acceptors (Lipinski definition) is 9. The van der Waals surface area contributed by atoms with Crippen LogP contribution in [0, 0.1) is 0 Å². The maximum atomic E-state index is 14.3. The zero-order valence-electron chi connectivity index (χ0n) is 28.7. The van der Waals surface area contributed by atoms with Gasteiger partial charge in [0.1, 0.15) is 0 Å². The molecule has 0 heterocycles. The van der Waals surface area contributed by atoms with Crippen LogP contribution in [0.2, 0.25) is 0 Å². The van der Waals surface area contributed by atoms with Gasteiger partial charge in [-0.2, -0.15) is 8.42 Å². The molecule has 3 atom stereocenters. The fraction of sp³-hybridized carbons (Fsp3) is 0.444. The van der Waals surface area contributed by atoms with Crippen molar-refractivity contribution in [2.45, 2.75) is 104 Å². The molecule has 0 radical (unpaired) electrons. The van der Waals surface area contributed by atoms with E-state index in [-0.39, 0.29) is 24.0 Å². The van der Waals surface area contributed by atoms with Gasteiger partial charge in [-0.25, -0.2) is 9.59 Å². The first-order valence-electron chi connectivity index (χ1n) is 16.0. The summed E-state index contributed by atoms with van der Waals surface area (Å²) in [4.78, 5) is 23.2. The Kier molecular flexibility index (Phi) is 17.2. The number of benzene rings is 2. The molecule has 264 valence electrons. The highest BCUT2D eigenvalue weighted by atomic mass is 32.2. The number of hydrogen-bond donors (Lipinski definition) is 1. The third-order valence-electron chi connectivity index (χ3n) is 7.12. The number of ether oxygens (including phenoxy) is 2. The lowest BCUT2D eigenvalue weighted by molar-refractivity contribution is -0.0719. The number of unbranched alkanes of at least 4 members (excludes halogenated alkanes) is 1. The zero-order valence-corrected chi connectivity index (χ0v) is 30.4. The maximum absolute atomic E-state index is 14.3. The van der Waals surface area contributed by atoms with E-state index in [1.807, 2.05) is 13.0 Å². The van der Waals surface area contributed by atoms with Crippen LogP contribution in [-0.4, -0.2) is 42.5 Å². The molecule has 48 heavy (non-hydrogen) atoms. The van der Waals surface area contributed by atoms with Gasteiger partial charge in [0.15, 0.2) is 4.99 Å². The van der Waals surface area contributed by atoms with Crippen LogP contribution in [0.4, 0.5) is 0 Å². The van der Waals surface area contributed by atoms with E-state index in [0.717, 1.165) is 31.3 Å². The third-order valence-corrected chi connectivity index (χ3v) is 11.8. The molecule has 12 heteroatoms. The first kappa shape index (κ1) is 40.8. The molecule has 3 unspecified atom stereocenters. The molecule has 2 aromatic rings. The van der Waals surface area contributed by atoms with Gasteiger partial charge < -0.3 is 9.47 Å². The van der Waals surface area contributed by atoms with Crippen molar-refractivity contribution in [2.24, 2.45) is 0 Å². The Morgan fingerprint density at radius 2 is 1.15 bits per heavy atom. The Hall–Kier alpha value is -3.34. The van der Waals surface area contributed by atoms with E-state index < -0.39 is 47.2 Å². The Morgan fingerprint density at radius 3 is 1.56 bits per heavy atom. The lowest BCUT2D eigenvalue weighted by Crippen LogP contribution is -2.29. The maximum Gasteiger partial charge on any atom is 0.357 e. The minimum absolute atomic E-state index is 0.178. The first-order valence-corrected chi connectivity index (χ1v) is 19.1. The summed E-state index contributed by atoms with van der Waals surface area (Å²) < 4.78 is 71.3. The van der Waals surface area contributed by atoms with Crippen LogP contribution in [0.25, 0.3) is 0 Å². The van der Waals surface area contributed by atoms with E-state index in [9.17, 15) is 27.1 Å². The zero-order chi connectivity index (χ0) is 35.7. The molecule has 0 bridgehead atoms. The van der Waals surface area contributed by atoms with E-state index in [1.165, 1.54) is 49.3 Å². The van der Waals surface area contributed by atoms with Crippen molar-refractivity contribution in [1.82, 2.24) is 0 Å². The van der Waals surface area contributed by atoms with Crippen LogP contribution in [-0.2, 0) is 33.2 Å². The second-order valence-corrected chi connectivity index (χ2v) is 15.9. The normalized spacial score (nSPS) is 15.5. The van der Waals surface area contributed by atoms with Crippen molar-refractivity contribution in [3.63, 3.8) is 0 Å². The number of rotatable bonds is 20. The van der Waals surface area contributed by atoms with Crippen molar-refractivity contribution in [3.8, 4) is 0 Å². The average molecular weight is 705 g/mol. The van der Waals surface area contributed by atoms with Crippen LogP contribution in [0.1, 0.15) is 107 Å². The van der Waals surface area contributed by atoms with Gasteiger partial charge in [-0.1, -0.05) is 71.3 Å². The highest BCUT2D eigenvalue weighted by Gasteiger charge is 2.47. The Morgan fingerprint density at radius 1 is 0.729 bits per heavy atom. The molecular weight excluding hydrogens is 655 g/mol. The SMILES string of the molecule is CC(C)=CCCC(C)=CCCC(C)=CCCCC(P(=O)(OC(C)OC(=O)c1ccccc1)OC(C)OC(=O)c1ccccc1)S(=O)(=O)O. The Balaban J connectivity index is 2.17. The fourth-order valence-electron chi connectivity index (χ4n) is 4.65. The molecule has 0 amide bonds. The Bertz CT molecular complexity index is 1500. The number of allylic oxidation sites excluding steroid dienone is 6. The molecule has 2 rings (SSSR count). The van der Waals surface area contributed by atoms with E-state index in [1.54, 1.807) is 36.4 Å². The second kappa shape index (κ2) is 20.2. The first-order chi connectivity index (χ1) is 22.6. The molecule has 1 N–H and O–H groups in total. The van der Waals surface area contributed by atoms with Crippen LogP contribution < -0.4 is 0 Å². The van der Waals surface area contributed by atoms with Crippen molar-refractivity contribution >= 4 is 29.7 Å². The highest BCUT2D eigenvalue weighted by Crippen LogP contribution is 2.58. The molecule has 2 aromatic carbocycles. The van der Waals surface area contributed by atoms with E-state index in [0.29, 0.717) is 6.42 Å². The van der Waals surface area contributed by atoms with Gasteiger partial charge in [0.25, 0.3) is 10.1 Å². The fourth-order valence-corrected chi connectivity index (χ4v) is 8.45. The van der Waals surface area contributed by atoms with Gasteiger partial charge in [-0.3, -0.25) is 18.2 Å². The predicted octanol–water partition coefficient (Wildman–Crippen LogP) is 9.42. The topological polar surface area (TPSA) is 142 Å². The summed E-state index contributed by atoms with van der Waals surface area (Å²) in [5, 5.41) is 0. The number of carbonyl (C=O) groups is 2. The lowest BCUT2D eigenvalue weighted by atomic mass is 10.1. The summed E-state index contributed by atoms with van der Waals surface area (Å²) in [6.07, 6.45) is 7.28.